The predicted octanol–water partition coefficient (Wildman–Crippen LogP) is 3.16. The number of benzene rings is 1. The molecule has 1 nitrogen and oxygen atoms in total. The first-order chi connectivity index (χ1) is 4.83. The van der Waals surface area contributed by atoms with Crippen LogP contribution in [-0.2, 0) is 9.67 Å². The van der Waals surface area contributed by atoms with Crippen LogP contribution in [0.3, 0.4) is 0 Å². The molecule has 0 heterocycles. The van der Waals surface area contributed by atoms with Crippen molar-refractivity contribution in [3.8, 4) is 0 Å². The molecule has 0 spiro atoms. The number of rotatable bonds is 2. The maximum Gasteiger partial charge on any atom is 0.110 e. The summed E-state index contributed by atoms with van der Waals surface area (Å²) in [7, 11) is 0. The van der Waals surface area contributed by atoms with Crippen LogP contribution in [0.25, 0.3) is 0 Å². The Balaban J connectivity index is 2.69. The lowest BCUT2D eigenvalue weighted by atomic mass is 10.2. The Labute approximate surface area is 88.0 Å². The highest BCUT2D eigenvalue weighted by Crippen LogP contribution is 2.08. The van der Waals surface area contributed by atoms with Gasteiger partial charge >= 0.3 is 0 Å². The third-order valence-electron chi connectivity index (χ3n) is 1.13. The molecule has 0 N–H and O–H groups in total. The zero-order valence-corrected chi connectivity index (χ0v) is 9.50. The summed E-state index contributed by atoms with van der Waals surface area (Å²) in [4.78, 5) is 0. The quantitative estimate of drug-likeness (QED) is 0.737. The fraction of sp³-hybridized carbons (Fsp3) is 0.143. The van der Waals surface area contributed by atoms with Gasteiger partial charge in [0.2, 0.25) is 0 Å². The molecule has 0 aliphatic heterocycles. The van der Waals surface area contributed by atoms with Crippen molar-refractivity contribution in [2.75, 3.05) is 0 Å². The van der Waals surface area contributed by atoms with Crippen LogP contribution in [0, 0.1) is 3.57 Å². The molecule has 10 heavy (non-hydrogen) atoms. The summed E-state index contributed by atoms with van der Waals surface area (Å²) < 4.78 is 6.19. The fourth-order valence-electron chi connectivity index (χ4n) is 0.644. The summed E-state index contributed by atoms with van der Waals surface area (Å²) in [5.41, 5.74) is 1.22. The first-order valence-corrected chi connectivity index (χ1v) is 4.77. The first-order valence-electron chi connectivity index (χ1n) is 2.81. The molecule has 0 unspecified atom stereocenters. The Bertz CT molecular complexity index is 195. The largest absolute Gasteiger partial charge is 0.311 e. The van der Waals surface area contributed by atoms with Gasteiger partial charge in [-0.2, -0.15) is 0 Å². The Morgan fingerprint density at radius 1 is 1.20 bits per heavy atom. The third-order valence-corrected chi connectivity index (χ3v) is 2.17. The molecule has 0 amide bonds. The molecule has 0 aliphatic carbocycles. The van der Waals surface area contributed by atoms with Crippen molar-refractivity contribution in [1.82, 2.24) is 0 Å². The Morgan fingerprint density at radius 3 is 2.30 bits per heavy atom. The summed E-state index contributed by atoms with van der Waals surface area (Å²) in [5.74, 6) is 0. The highest BCUT2D eigenvalue weighted by molar-refractivity contribution is 14.1. The van der Waals surface area contributed by atoms with Crippen LogP contribution in [0.4, 0.5) is 0 Å². The van der Waals surface area contributed by atoms with Gasteiger partial charge in [-0.15, -0.1) is 0 Å². The number of halogens is 2. The van der Waals surface area contributed by atoms with Gasteiger partial charge in [0.15, 0.2) is 0 Å². The predicted molar refractivity (Wildman–Crippen MR) is 58.0 cm³/mol. The molecule has 1 aromatic rings. The molecule has 0 radical (unpaired) electrons. The van der Waals surface area contributed by atoms with Crippen molar-refractivity contribution in [3.63, 3.8) is 0 Å². The molecule has 1 aromatic carbocycles. The second-order valence-corrected chi connectivity index (χ2v) is 3.75. The molecule has 1 rings (SSSR count). The molecule has 3 heteroatoms. The molecule has 0 aromatic heterocycles. The van der Waals surface area contributed by atoms with Crippen LogP contribution in [0.2, 0.25) is 0 Å². The van der Waals surface area contributed by atoms with Crippen molar-refractivity contribution in [3.05, 3.63) is 33.4 Å². The smallest absolute Gasteiger partial charge is 0.110 e. The lowest BCUT2D eigenvalue weighted by Gasteiger charge is -1.96. The van der Waals surface area contributed by atoms with E-state index in [9.17, 15) is 0 Å². The number of hydrogen-bond donors (Lipinski definition) is 0. The lowest BCUT2D eigenvalue weighted by Crippen LogP contribution is -1.82. The molecule has 0 bridgehead atoms. The van der Waals surface area contributed by atoms with Gasteiger partial charge in [0.05, 0.1) is 6.61 Å². The average molecular weight is 360 g/mol. The van der Waals surface area contributed by atoms with Crippen LogP contribution in [-0.4, -0.2) is 0 Å². The Morgan fingerprint density at radius 2 is 1.80 bits per heavy atom. The first kappa shape index (κ1) is 8.73. The van der Waals surface area contributed by atoms with Crippen molar-refractivity contribution in [2.24, 2.45) is 0 Å². The van der Waals surface area contributed by atoms with Crippen LogP contribution >= 0.6 is 45.6 Å². The molecule has 0 fully saturated rings. The molecule has 0 saturated heterocycles. The second kappa shape index (κ2) is 4.50. The SMILES string of the molecule is IOCc1ccc(I)cc1. The van der Waals surface area contributed by atoms with Crippen molar-refractivity contribution in [2.45, 2.75) is 6.61 Å². The van der Waals surface area contributed by atoms with E-state index in [0.717, 1.165) is 0 Å². The Kier molecular flexibility index (Phi) is 3.93. The van der Waals surface area contributed by atoms with Gasteiger partial charge < -0.3 is 3.07 Å². The summed E-state index contributed by atoms with van der Waals surface area (Å²) in [5, 5.41) is 0. The zero-order chi connectivity index (χ0) is 7.40. The Hall–Kier alpha value is 0.640. The van der Waals surface area contributed by atoms with Crippen molar-refractivity contribution < 1.29 is 3.07 Å². The molecular weight excluding hydrogens is 354 g/mol. The summed E-state index contributed by atoms with van der Waals surface area (Å²) >= 11 is 4.18. The molecule has 0 saturated carbocycles. The van der Waals surface area contributed by atoms with E-state index in [4.69, 9.17) is 3.07 Å². The van der Waals surface area contributed by atoms with E-state index in [0.29, 0.717) is 6.61 Å². The van der Waals surface area contributed by atoms with E-state index in [1.54, 1.807) is 0 Å². The highest BCUT2D eigenvalue weighted by Gasteiger charge is 1.89. The molecule has 0 aliphatic rings. The van der Waals surface area contributed by atoms with Crippen LogP contribution in [0.15, 0.2) is 24.3 Å². The maximum atomic E-state index is 4.94. The molecule has 0 atom stereocenters. The summed E-state index contributed by atoms with van der Waals surface area (Å²) in [6.45, 7) is 0.692. The van der Waals surface area contributed by atoms with Gasteiger partial charge in [0.1, 0.15) is 23.0 Å². The third kappa shape index (κ3) is 2.71. The molecular formula is C7H6I2O. The monoisotopic (exact) mass is 360 g/mol. The van der Waals surface area contributed by atoms with Crippen LogP contribution in [0.1, 0.15) is 5.56 Å². The van der Waals surface area contributed by atoms with Gasteiger partial charge in [0.25, 0.3) is 0 Å². The van der Waals surface area contributed by atoms with Crippen LogP contribution < -0.4 is 0 Å². The van der Waals surface area contributed by atoms with Crippen molar-refractivity contribution >= 4 is 45.6 Å². The van der Waals surface area contributed by atoms with Gasteiger partial charge in [-0.25, -0.2) is 0 Å². The number of hydrogen-bond acceptors (Lipinski definition) is 1. The van der Waals surface area contributed by atoms with E-state index < -0.39 is 0 Å². The fourth-order valence-corrected chi connectivity index (χ4v) is 1.36. The lowest BCUT2D eigenvalue weighted by molar-refractivity contribution is 0.418. The standard InChI is InChI=1S/C7H6I2O/c8-7-3-1-6(2-4-7)5-10-9/h1-4H,5H2. The van der Waals surface area contributed by atoms with E-state index in [1.165, 1.54) is 9.13 Å². The van der Waals surface area contributed by atoms with Gasteiger partial charge in [-0.05, 0) is 40.3 Å². The maximum absolute atomic E-state index is 4.94. The minimum Gasteiger partial charge on any atom is -0.311 e. The van der Waals surface area contributed by atoms with E-state index in [-0.39, 0.29) is 0 Å². The molecule has 54 valence electrons. The van der Waals surface area contributed by atoms with Crippen LogP contribution in [0.5, 0.6) is 0 Å². The zero-order valence-electron chi connectivity index (χ0n) is 5.18. The van der Waals surface area contributed by atoms with Crippen molar-refractivity contribution in [1.29, 1.82) is 0 Å². The van der Waals surface area contributed by atoms with Gasteiger partial charge in [-0.3, -0.25) is 0 Å². The minimum atomic E-state index is 0.692. The van der Waals surface area contributed by atoms with Gasteiger partial charge in [0, 0.05) is 3.57 Å². The summed E-state index contributed by atoms with van der Waals surface area (Å²) in [6.07, 6.45) is 0. The second-order valence-electron chi connectivity index (χ2n) is 1.88. The minimum absolute atomic E-state index is 0.692. The average Bonchev–Trinajstić information content (AvgIpc) is 1.95. The summed E-state index contributed by atoms with van der Waals surface area (Å²) in [6, 6.07) is 8.29. The van der Waals surface area contributed by atoms with E-state index in [2.05, 4.69) is 46.9 Å². The highest BCUT2D eigenvalue weighted by atomic mass is 127. The normalized spacial score (nSPS) is 9.80. The van der Waals surface area contributed by atoms with Gasteiger partial charge in [-0.1, -0.05) is 12.1 Å². The van der Waals surface area contributed by atoms with E-state index >= 15 is 0 Å². The topological polar surface area (TPSA) is 9.23 Å². The van der Waals surface area contributed by atoms with E-state index in [1.807, 2.05) is 23.0 Å².